The molecule has 118 valence electrons. The first kappa shape index (κ1) is 14.9. The van der Waals surface area contributed by atoms with Gasteiger partial charge in [-0.15, -0.1) is 0 Å². The van der Waals surface area contributed by atoms with E-state index in [-0.39, 0.29) is 11.1 Å². The molecule has 0 bridgehead atoms. The molecular weight excluding hydrogens is 292 g/mol. The maximum atomic E-state index is 11.5. The lowest BCUT2D eigenvalue weighted by Gasteiger charge is -2.16. The Morgan fingerprint density at radius 1 is 1.45 bits per heavy atom. The highest BCUT2D eigenvalue weighted by Gasteiger charge is 2.44. The van der Waals surface area contributed by atoms with Crippen LogP contribution in [-0.4, -0.2) is 60.7 Å². The first-order valence-corrected chi connectivity index (χ1v) is 6.70. The van der Waals surface area contributed by atoms with Gasteiger partial charge in [0.2, 0.25) is 0 Å². The number of aromatic nitrogens is 3. The summed E-state index contributed by atoms with van der Waals surface area (Å²) < 4.78 is 6.86. The lowest BCUT2D eigenvalue weighted by atomic mass is 10.1. The minimum atomic E-state index is -1.26. The van der Waals surface area contributed by atoms with Crippen LogP contribution in [0.2, 0.25) is 0 Å². The molecule has 22 heavy (non-hydrogen) atoms. The highest BCUT2D eigenvalue weighted by molar-refractivity contribution is 6.03. The molecule has 5 N–H and O–H groups in total. The molecule has 0 aromatic carbocycles. The lowest BCUT2D eigenvalue weighted by Crippen LogP contribution is -2.33. The van der Waals surface area contributed by atoms with Crippen LogP contribution < -0.4 is 5.73 Å². The van der Waals surface area contributed by atoms with Gasteiger partial charge in [-0.1, -0.05) is 0 Å². The molecule has 4 atom stereocenters. The molecule has 0 spiro atoms. The molecule has 0 radical (unpaired) electrons. The largest absolute Gasteiger partial charge is 0.394 e. The third-order valence-corrected chi connectivity index (χ3v) is 3.71. The first-order valence-electron chi connectivity index (χ1n) is 6.70. The van der Waals surface area contributed by atoms with E-state index in [0.29, 0.717) is 11.3 Å². The highest BCUT2D eigenvalue weighted by Crippen LogP contribution is 2.31. The summed E-state index contributed by atoms with van der Waals surface area (Å²) >= 11 is 0. The number of hydrogen-bond acceptors (Lipinski definition) is 7. The SMILES string of the molecule is Cc1cc(C(N)=O)c2ncn([C@@H]3O[C@H](CO)[C@@H](O)[C@H]3O)c2n1. The molecule has 1 aliphatic rings. The summed E-state index contributed by atoms with van der Waals surface area (Å²) in [6.07, 6.45) is -3.00. The Balaban J connectivity index is 2.11. The van der Waals surface area contributed by atoms with Gasteiger partial charge in [0.15, 0.2) is 11.9 Å². The number of carbonyl (C=O) groups excluding carboxylic acids is 1. The van der Waals surface area contributed by atoms with Crippen molar-refractivity contribution in [2.75, 3.05) is 6.61 Å². The van der Waals surface area contributed by atoms with Crippen molar-refractivity contribution in [3.8, 4) is 0 Å². The van der Waals surface area contributed by atoms with E-state index in [2.05, 4.69) is 9.97 Å². The van der Waals surface area contributed by atoms with Crippen LogP contribution in [-0.2, 0) is 4.74 Å². The number of rotatable bonds is 3. The highest BCUT2D eigenvalue weighted by atomic mass is 16.6. The summed E-state index contributed by atoms with van der Waals surface area (Å²) in [7, 11) is 0. The van der Waals surface area contributed by atoms with Gasteiger partial charge in [-0.2, -0.15) is 0 Å². The molecule has 0 aliphatic carbocycles. The zero-order valence-electron chi connectivity index (χ0n) is 11.7. The summed E-state index contributed by atoms with van der Waals surface area (Å²) in [6, 6.07) is 1.53. The fraction of sp³-hybridized carbons (Fsp3) is 0.462. The Morgan fingerprint density at radius 2 is 2.18 bits per heavy atom. The number of hydrogen-bond donors (Lipinski definition) is 4. The normalized spacial score (nSPS) is 28.4. The van der Waals surface area contributed by atoms with Gasteiger partial charge in [0.05, 0.1) is 18.5 Å². The van der Waals surface area contributed by atoms with Crippen molar-refractivity contribution < 1.29 is 24.9 Å². The van der Waals surface area contributed by atoms with Crippen molar-refractivity contribution in [1.82, 2.24) is 14.5 Å². The number of ether oxygens (including phenoxy) is 1. The smallest absolute Gasteiger partial charge is 0.251 e. The van der Waals surface area contributed by atoms with Gasteiger partial charge in [-0.3, -0.25) is 9.36 Å². The Hall–Kier alpha value is -2.07. The second kappa shape index (κ2) is 5.29. The average molecular weight is 308 g/mol. The number of imidazole rings is 1. The van der Waals surface area contributed by atoms with Gasteiger partial charge in [0.1, 0.15) is 23.8 Å². The quantitative estimate of drug-likeness (QED) is 0.537. The maximum Gasteiger partial charge on any atom is 0.251 e. The third kappa shape index (κ3) is 2.15. The van der Waals surface area contributed by atoms with Crippen molar-refractivity contribution in [3.05, 3.63) is 23.7 Å². The number of fused-ring (bicyclic) bond motifs is 1. The Bertz CT molecular complexity index is 731. The van der Waals surface area contributed by atoms with E-state index < -0.39 is 37.1 Å². The predicted molar refractivity (Wildman–Crippen MR) is 73.8 cm³/mol. The van der Waals surface area contributed by atoms with Crippen molar-refractivity contribution in [1.29, 1.82) is 0 Å². The Kier molecular flexibility index (Phi) is 3.57. The number of nitrogens with zero attached hydrogens (tertiary/aromatic N) is 3. The molecular formula is C13H16N4O5. The van der Waals surface area contributed by atoms with Crippen LogP contribution in [0.25, 0.3) is 11.2 Å². The molecule has 1 amide bonds. The summed E-state index contributed by atoms with van der Waals surface area (Å²) in [6.45, 7) is 1.26. The fourth-order valence-electron chi connectivity index (χ4n) is 2.62. The molecule has 1 saturated heterocycles. The monoisotopic (exact) mass is 308 g/mol. The van der Waals surface area contributed by atoms with Crippen LogP contribution in [0.5, 0.6) is 0 Å². The second-order valence-corrected chi connectivity index (χ2v) is 5.23. The van der Waals surface area contributed by atoms with Crippen LogP contribution in [0.15, 0.2) is 12.4 Å². The van der Waals surface area contributed by atoms with E-state index >= 15 is 0 Å². The number of carbonyl (C=O) groups is 1. The van der Waals surface area contributed by atoms with Gasteiger partial charge < -0.3 is 25.8 Å². The molecule has 3 heterocycles. The summed E-state index contributed by atoms with van der Waals surface area (Å²) in [5, 5.41) is 29.1. The van der Waals surface area contributed by atoms with Crippen LogP contribution in [0, 0.1) is 6.92 Å². The number of pyridine rings is 1. The minimum Gasteiger partial charge on any atom is -0.394 e. The molecule has 9 heteroatoms. The van der Waals surface area contributed by atoms with Gasteiger partial charge in [0.25, 0.3) is 5.91 Å². The summed E-state index contributed by atoms with van der Waals surface area (Å²) in [5.41, 5.74) is 6.70. The van der Waals surface area contributed by atoms with Gasteiger partial charge in [-0.05, 0) is 13.0 Å². The van der Waals surface area contributed by atoms with Crippen molar-refractivity contribution >= 4 is 17.1 Å². The van der Waals surface area contributed by atoms with E-state index in [0.717, 1.165) is 0 Å². The summed E-state index contributed by atoms with van der Waals surface area (Å²) in [4.78, 5) is 19.9. The second-order valence-electron chi connectivity index (χ2n) is 5.23. The number of aryl methyl sites for hydroxylation is 1. The van der Waals surface area contributed by atoms with E-state index in [4.69, 9.17) is 15.6 Å². The maximum absolute atomic E-state index is 11.5. The van der Waals surface area contributed by atoms with E-state index in [1.54, 1.807) is 6.92 Å². The van der Waals surface area contributed by atoms with Crippen molar-refractivity contribution in [2.45, 2.75) is 31.5 Å². The first-order chi connectivity index (χ1) is 10.4. The van der Waals surface area contributed by atoms with E-state index in [1.165, 1.54) is 17.0 Å². The van der Waals surface area contributed by atoms with Gasteiger partial charge in [-0.25, -0.2) is 9.97 Å². The Labute approximate surface area is 125 Å². The zero-order chi connectivity index (χ0) is 16.0. The van der Waals surface area contributed by atoms with Crippen LogP contribution in [0.1, 0.15) is 22.3 Å². The molecule has 0 saturated carbocycles. The molecule has 0 unspecified atom stereocenters. The number of aliphatic hydroxyl groups is 3. The number of amides is 1. The molecule has 1 fully saturated rings. The van der Waals surface area contributed by atoms with Crippen molar-refractivity contribution in [3.63, 3.8) is 0 Å². The zero-order valence-corrected chi connectivity index (χ0v) is 11.7. The standard InChI is InChI=1S/C13H16N4O5/c1-5-2-6(11(14)21)8-12(16-5)17(4-15-8)13-10(20)9(19)7(3-18)22-13/h2,4,7,9-10,13,18-20H,3H2,1H3,(H2,14,21)/t7-,9-,10-,13-/m1/s1. The molecule has 9 nitrogen and oxygen atoms in total. The third-order valence-electron chi connectivity index (χ3n) is 3.71. The minimum absolute atomic E-state index is 0.216. The number of primary amides is 1. The molecule has 3 rings (SSSR count). The van der Waals surface area contributed by atoms with E-state index in [1.807, 2.05) is 0 Å². The van der Waals surface area contributed by atoms with Crippen LogP contribution >= 0.6 is 0 Å². The molecule has 2 aromatic heterocycles. The van der Waals surface area contributed by atoms with Crippen LogP contribution in [0.4, 0.5) is 0 Å². The lowest BCUT2D eigenvalue weighted by molar-refractivity contribution is -0.0511. The molecule has 2 aromatic rings. The van der Waals surface area contributed by atoms with Crippen LogP contribution in [0.3, 0.4) is 0 Å². The van der Waals surface area contributed by atoms with Crippen molar-refractivity contribution in [2.24, 2.45) is 5.73 Å². The van der Waals surface area contributed by atoms with Gasteiger partial charge in [0, 0.05) is 5.69 Å². The fourth-order valence-corrected chi connectivity index (χ4v) is 2.62. The van der Waals surface area contributed by atoms with Gasteiger partial charge >= 0.3 is 0 Å². The number of aliphatic hydroxyl groups excluding tert-OH is 3. The summed E-state index contributed by atoms with van der Waals surface area (Å²) in [5.74, 6) is -0.637. The van der Waals surface area contributed by atoms with E-state index in [9.17, 15) is 15.0 Å². The number of nitrogens with two attached hydrogens (primary N) is 1. The Morgan fingerprint density at radius 3 is 2.77 bits per heavy atom. The predicted octanol–water partition coefficient (Wildman–Crippen LogP) is -1.55. The topological polar surface area (TPSA) is 144 Å². The average Bonchev–Trinajstić information content (AvgIpc) is 3.00. The molecule has 1 aliphatic heterocycles.